The lowest BCUT2D eigenvalue weighted by atomic mass is 9.97. The van der Waals surface area contributed by atoms with Crippen LogP contribution >= 0.6 is 0 Å². The summed E-state index contributed by atoms with van der Waals surface area (Å²) in [7, 11) is 0. The maximum Gasteiger partial charge on any atom is 0.258 e. The number of anilines is 2. The molecule has 0 saturated heterocycles. The largest absolute Gasteiger partial charge is 0.396 e. The number of benzene rings is 2. The maximum absolute atomic E-state index is 13.3. The van der Waals surface area contributed by atoms with Crippen molar-refractivity contribution in [2.45, 2.75) is 19.8 Å². The number of para-hydroxylation sites is 1. The van der Waals surface area contributed by atoms with Gasteiger partial charge in [-0.3, -0.25) is 4.79 Å². The van der Waals surface area contributed by atoms with Gasteiger partial charge in [0, 0.05) is 12.1 Å². The summed E-state index contributed by atoms with van der Waals surface area (Å²) in [5.41, 5.74) is 9.24. The van der Waals surface area contributed by atoms with Crippen molar-refractivity contribution < 1.29 is 9.18 Å². The molecule has 2 aromatic carbocycles. The van der Waals surface area contributed by atoms with Crippen molar-refractivity contribution in [2.75, 3.05) is 17.2 Å². The number of fused-ring (bicyclic) bond motifs is 1. The summed E-state index contributed by atoms with van der Waals surface area (Å²) in [6, 6.07) is 10.2. The number of nitrogens with two attached hydrogens (primary N) is 1. The topological polar surface area (TPSA) is 46.3 Å². The summed E-state index contributed by atoms with van der Waals surface area (Å²) in [5.74, 6) is -0.626. The summed E-state index contributed by atoms with van der Waals surface area (Å²) in [6.45, 7) is 2.68. The van der Waals surface area contributed by atoms with Gasteiger partial charge < -0.3 is 10.6 Å². The van der Waals surface area contributed by atoms with Crippen molar-refractivity contribution >= 4 is 17.3 Å². The summed E-state index contributed by atoms with van der Waals surface area (Å²) >= 11 is 0. The van der Waals surface area contributed by atoms with Crippen molar-refractivity contribution in [3.05, 3.63) is 58.9 Å². The summed E-state index contributed by atoms with van der Waals surface area (Å²) in [5, 5.41) is 0. The number of carbonyl (C=O) groups is 1. The first kappa shape index (κ1) is 13.6. The van der Waals surface area contributed by atoms with Crippen LogP contribution in [-0.4, -0.2) is 12.5 Å². The number of nitrogens with zero attached hydrogens (tertiary/aromatic N) is 1. The molecule has 1 aliphatic heterocycles. The highest BCUT2D eigenvalue weighted by Gasteiger charge is 2.25. The fourth-order valence-corrected chi connectivity index (χ4v) is 2.88. The highest BCUT2D eigenvalue weighted by atomic mass is 19.1. The lowest BCUT2D eigenvalue weighted by Crippen LogP contribution is -2.36. The molecule has 0 fully saturated rings. The molecule has 2 aromatic rings. The van der Waals surface area contributed by atoms with Crippen LogP contribution in [0.3, 0.4) is 0 Å². The molecule has 1 aliphatic rings. The van der Waals surface area contributed by atoms with Gasteiger partial charge in [-0.05, 0) is 49.1 Å². The maximum atomic E-state index is 13.3. The highest BCUT2D eigenvalue weighted by Crippen LogP contribution is 2.31. The third kappa shape index (κ3) is 2.37. The Labute approximate surface area is 123 Å². The second-order valence-electron chi connectivity index (χ2n) is 5.38. The Morgan fingerprint density at radius 3 is 2.86 bits per heavy atom. The van der Waals surface area contributed by atoms with E-state index in [4.69, 9.17) is 5.73 Å². The predicted molar refractivity (Wildman–Crippen MR) is 82.0 cm³/mol. The summed E-state index contributed by atoms with van der Waals surface area (Å²) in [4.78, 5) is 14.5. The molecule has 0 radical (unpaired) electrons. The predicted octanol–water partition coefficient (Wildman–Crippen LogP) is 3.31. The van der Waals surface area contributed by atoms with Crippen LogP contribution in [0.15, 0.2) is 36.4 Å². The molecule has 4 heteroatoms. The van der Waals surface area contributed by atoms with E-state index in [-0.39, 0.29) is 11.6 Å². The van der Waals surface area contributed by atoms with Gasteiger partial charge in [0.25, 0.3) is 5.91 Å². The number of nitrogen functional groups attached to an aromatic ring is 1. The number of amides is 1. The van der Waals surface area contributed by atoms with E-state index >= 15 is 0 Å². The second kappa shape index (κ2) is 5.20. The Morgan fingerprint density at radius 1 is 1.29 bits per heavy atom. The van der Waals surface area contributed by atoms with Crippen molar-refractivity contribution in [1.29, 1.82) is 0 Å². The molecule has 2 N–H and O–H groups in total. The average molecular weight is 284 g/mol. The summed E-state index contributed by atoms with van der Waals surface area (Å²) in [6.07, 6.45) is 1.91. The van der Waals surface area contributed by atoms with Crippen LogP contribution in [0.1, 0.15) is 27.9 Å². The number of carbonyl (C=O) groups excluding carboxylic acids is 1. The van der Waals surface area contributed by atoms with Crippen LogP contribution in [0, 0.1) is 12.7 Å². The Bertz CT molecular complexity index is 712. The van der Waals surface area contributed by atoms with Gasteiger partial charge in [-0.1, -0.05) is 18.2 Å². The van der Waals surface area contributed by atoms with Gasteiger partial charge >= 0.3 is 0 Å². The van der Waals surface area contributed by atoms with Gasteiger partial charge in [0.2, 0.25) is 0 Å². The first-order chi connectivity index (χ1) is 10.1. The van der Waals surface area contributed by atoms with Gasteiger partial charge in [0.05, 0.1) is 11.4 Å². The van der Waals surface area contributed by atoms with E-state index in [1.54, 1.807) is 4.90 Å². The van der Waals surface area contributed by atoms with E-state index in [9.17, 15) is 9.18 Å². The Morgan fingerprint density at radius 2 is 2.10 bits per heavy atom. The van der Waals surface area contributed by atoms with E-state index in [1.807, 2.05) is 19.1 Å². The minimum absolute atomic E-state index is 0.00265. The van der Waals surface area contributed by atoms with Crippen LogP contribution in [0.25, 0.3) is 0 Å². The highest BCUT2D eigenvalue weighted by molar-refractivity contribution is 6.07. The molecule has 0 saturated carbocycles. The third-order valence-electron chi connectivity index (χ3n) is 3.91. The molecule has 21 heavy (non-hydrogen) atoms. The first-order valence-corrected chi connectivity index (χ1v) is 7.03. The first-order valence-electron chi connectivity index (χ1n) is 7.03. The van der Waals surface area contributed by atoms with Gasteiger partial charge in [-0.15, -0.1) is 0 Å². The number of halogens is 1. The lowest BCUT2D eigenvalue weighted by Gasteiger charge is -2.31. The van der Waals surface area contributed by atoms with Crippen molar-refractivity contribution in [3.63, 3.8) is 0 Å². The smallest absolute Gasteiger partial charge is 0.258 e. The molecule has 3 rings (SSSR count). The fourth-order valence-electron chi connectivity index (χ4n) is 2.88. The number of hydrogen-bond acceptors (Lipinski definition) is 2. The standard InChI is InChI=1S/C17H17FN2O/c1-11-4-2-5-12-6-3-9-20(16(11)12)17(21)13-7-8-14(18)15(19)10-13/h2,4-5,7-8,10H,3,6,9,19H2,1H3. The molecule has 1 heterocycles. The molecular formula is C17H17FN2O. The van der Waals surface area contributed by atoms with Crippen LogP contribution in [0.5, 0.6) is 0 Å². The van der Waals surface area contributed by atoms with E-state index < -0.39 is 5.82 Å². The number of hydrogen-bond donors (Lipinski definition) is 1. The SMILES string of the molecule is Cc1cccc2c1N(C(=O)c1ccc(F)c(N)c1)CCC2. The van der Waals surface area contributed by atoms with E-state index in [1.165, 1.54) is 23.8 Å². The van der Waals surface area contributed by atoms with Gasteiger partial charge in [-0.2, -0.15) is 0 Å². The van der Waals surface area contributed by atoms with Crippen LogP contribution in [-0.2, 0) is 6.42 Å². The van der Waals surface area contributed by atoms with E-state index in [0.717, 1.165) is 24.1 Å². The zero-order chi connectivity index (χ0) is 15.0. The normalized spacial score (nSPS) is 13.9. The lowest BCUT2D eigenvalue weighted by molar-refractivity contribution is 0.0985. The molecule has 0 aromatic heterocycles. The zero-order valence-corrected chi connectivity index (χ0v) is 11.9. The second-order valence-corrected chi connectivity index (χ2v) is 5.38. The molecule has 0 unspecified atom stereocenters. The third-order valence-corrected chi connectivity index (χ3v) is 3.91. The molecule has 0 spiro atoms. The van der Waals surface area contributed by atoms with E-state index in [0.29, 0.717) is 12.1 Å². The molecule has 0 atom stereocenters. The van der Waals surface area contributed by atoms with Crippen molar-refractivity contribution in [3.8, 4) is 0 Å². The van der Waals surface area contributed by atoms with Crippen LogP contribution < -0.4 is 10.6 Å². The summed E-state index contributed by atoms with van der Waals surface area (Å²) < 4.78 is 13.3. The number of rotatable bonds is 1. The van der Waals surface area contributed by atoms with Crippen LogP contribution in [0.2, 0.25) is 0 Å². The van der Waals surface area contributed by atoms with E-state index in [2.05, 4.69) is 6.07 Å². The fraction of sp³-hybridized carbons (Fsp3) is 0.235. The Balaban J connectivity index is 2.02. The van der Waals surface area contributed by atoms with Crippen molar-refractivity contribution in [2.24, 2.45) is 0 Å². The molecule has 0 bridgehead atoms. The quantitative estimate of drug-likeness (QED) is 0.817. The van der Waals surface area contributed by atoms with Gasteiger partial charge in [-0.25, -0.2) is 4.39 Å². The minimum Gasteiger partial charge on any atom is -0.396 e. The van der Waals surface area contributed by atoms with Gasteiger partial charge in [0.1, 0.15) is 5.82 Å². The zero-order valence-electron chi connectivity index (χ0n) is 11.9. The van der Waals surface area contributed by atoms with Crippen LogP contribution in [0.4, 0.5) is 15.8 Å². The molecular weight excluding hydrogens is 267 g/mol. The number of aryl methyl sites for hydroxylation is 2. The molecule has 0 aliphatic carbocycles. The Kier molecular flexibility index (Phi) is 3.37. The molecule has 1 amide bonds. The minimum atomic E-state index is -0.498. The Hall–Kier alpha value is -2.36. The monoisotopic (exact) mass is 284 g/mol. The molecule has 3 nitrogen and oxygen atoms in total. The van der Waals surface area contributed by atoms with Gasteiger partial charge in [0.15, 0.2) is 0 Å². The molecule has 108 valence electrons. The average Bonchev–Trinajstić information content (AvgIpc) is 2.49. The van der Waals surface area contributed by atoms with Crippen molar-refractivity contribution in [1.82, 2.24) is 0 Å².